The SMILES string of the molecule is CC(C)(O/N=C(\C(=O)C[C@@H]1C(=O)N2C(C(=O)O)=C(C[n+]3cnc(N)c(NC(=O)c4cc(=O)c(O)cn4O)c3)CSC12)c1nc(N)sc1Cl)C(=O)O. The summed E-state index contributed by atoms with van der Waals surface area (Å²) in [6.07, 6.45) is 2.72. The van der Waals surface area contributed by atoms with Gasteiger partial charge in [-0.3, -0.25) is 24.1 Å². The Hall–Kier alpha value is -5.74. The fourth-order valence-corrected chi connectivity index (χ4v) is 7.20. The van der Waals surface area contributed by atoms with Crippen molar-refractivity contribution in [2.45, 2.75) is 37.8 Å². The van der Waals surface area contributed by atoms with Gasteiger partial charge in [0.2, 0.25) is 16.9 Å². The lowest BCUT2D eigenvalue weighted by Crippen LogP contribution is -2.62. The van der Waals surface area contributed by atoms with Crippen molar-refractivity contribution in [1.29, 1.82) is 0 Å². The highest BCUT2D eigenvalue weighted by atomic mass is 35.5. The lowest BCUT2D eigenvalue weighted by Gasteiger charge is -2.49. The van der Waals surface area contributed by atoms with E-state index in [1.807, 2.05) is 0 Å². The molecule has 0 spiro atoms. The van der Waals surface area contributed by atoms with Crippen molar-refractivity contribution in [3.05, 3.63) is 62.0 Å². The molecule has 5 heterocycles. The fraction of sp³-hybridized carbons (Fsp3) is 0.286. The molecule has 9 N–H and O–H groups in total. The van der Waals surface area contributed by atoms with Crippen LogP contribution in [0.4, 0.5) is 16.6 Å². The molecule has 23 heteroatoms. The van der Waals surface area contributed by atoms with Crippen molar-refractivity contribution in [3.63, 3.8) is 0 Å². The molecule has 2 amide bonds. The number of halogens is 1. The van der Waals surface area contributed by atoms with Gasteiger partial charge in [-0.1, -0.05) is 28.1 Å². The van der Waals surface area contributed by atoms with Gasteiger partial charge in [0.25, 0.3) is 18.1 Å². The fourth-order valence-electron chi connectivity index (χ4n) is 4.87. The molecule has 2 aliphatic heterocycles. The number of rotatable bonds is 12. The van der Waals surface area contributed by atoms with Gasteiger partial charge in [0.05, 0.1) is 17.5 Å². The normalized spacial score (nSPS) is 17.4. The number of oxime groups is 1. The number of amides is 2. The number of hydrogen-bond donors (Lipinski definition) is 7. The van der Waals surface area contributed by atoms with E-state index in [2.05, 4.69) is 20.4 Å². The van der Waals surface area contributed by atoms with Crippen LogP contribution in [0.25, 0.3) is 0 Å². The third-order valence-corrected chi connectivity index (χ3v) is 10.00. The van der Waals surface area contributed by atoms with Gasteiger partial charge < -0.3 is 42.1 Å². The van der Waals surface area contributed by atoms with Gasteiger partial charge in [-0.05, 0) is 18.8 Å². The molecule has 3 aromatic heterocycles. The van der Waals surface area contributed by atoms with Crippen LogP contribution in [0, 0.1) is 5.92 Å². The summed E-state index contributed by atoms with van der Waals surface area (Å²) in [5, 5.41) is 44.3. The number of ketones is 1. The number of thioether (sulfide) groups is 1. The summed E-state index contributed by atoms with van der Waals surface area (Å²) in [7, 11) is 0. The number of anilines is 3. The summed E-state index contributed by atoms with van der Waals surface area (Å²) in [4.78, 5) is 89.6. The van der Waals surface area contributed by atoms with Gasteiger partial charge in [0.1, 0.15) is 34.2 Å². The molecule has 1 unspecified atom stereocenters. The predicted octanol–water partition coefficient (Wildman–Crippen LogP) is 0.114. The maximum atomic E-state index is 13.5. The Morgan fingerprint density at radius 1 is 1.24 bits per heavy atom. The molecule has 1 fully saturated rings. The molecule has 1 saturated heterocycles. The van der Waals surface area contributed by atoms with E-state index >= 15 is 0 Å². The summed E-state index contributed by atoms with van der Waals surface area (Å²) >= 11 is 8.22. The maximum absolute atomic E-state index is 13.5. The molecule has 0 radical (unpaired) electrons. The number of nitrogens with one attached hydrogen (secondary N) is 1. The number of carboxylic acid groups (broad SMARTS) is 2. The third kappa shape index (κ3) is 7.27. The minimum atomic E-state index is -1.85. The monoisotopic (exact) mass is 764 g/mol. The Kier molecular flexibility index (Phi) is 9.94. The molecule has 0 aliphatic carbocycles. The second-order valence-electron chi connectivity index (χ2n) is 11.5. The Balaban J connectivity index is 1.36. The Bertz CT molecular complexity index is 2130. The Morgan fingerprint density at radius 2 is 1.94 bits per heavy atom. The standard InChI is InChI=1S/C28H26ClN9O11S2/c1-28(2,26(46)47)49-35-17(18-20(29)51-27(31)34-18)15(40)3-11-23(43)38-19(25(44)45)10(8-50-24(11)38)5-36-6-12(21(30)32-9-36)33-22(42)13-4-14(39)16(41)7-37(13)48/h4,6-7,9,11,24,30,48H,3,5,8H2,1-2H3,(H6,31,33,34,41,42,44,45,46,47)/p+1/b35-17+/t11-,24?/m1/s1. The summed E-state index contributed by atoms with van der Waals surface area (Å²) < 4.78 is 1.59. The van der Waals surface area contributed by atoms with Gasteiger partial charge >= 0.3 is 11.9 Å². The van der Waals surface area contributed by atoms with Crippen molar-refractivity contribution in [1.82, 2.24) is 19.6 Å². The first-order valence-electron chi connectivity index (χ1n) is 14.3. The smallest absolute Gasteiger partial charge is 0.352 e. The summed E-state index contributed by atoms with van der Waals surface area (Å²) in [5.41, 5.74) is 7.55. The molecule has 2 atom stereocenters. The largest absolute Gasteiger partial charge is 0.503 e. The number of aliphatic carboxylic acids is 2. The van der Waals surface area contributed by atoms with Crippen LogP contribution in [-0.4, -0.2) is 92.1 Å². The lowest BCUT2D eigenvalue weighted by atomic mass is 9.89. The zero-order chi connectivity index (χ0) is 37.5. The van der Waals surface area contributed by atoms with E-state index in [0.717, 1.165) is 16.2 Å². The molecule has 5 rings (SSSR count). The molecular weight excluding hydrogens is 738 g/mol. The first-order chi connectivity index (χ1) is 23.9. The molecular formula is C28H27ClN9O11S2+. The van der Waals surface area contributed by atoms with E-state index in [4.69, 9.17) is 27.9 Å². The second kappa shape index (κ2) is 13.9. The minimum absolute atomic E-state index is 0.0114. The number of aromatic hydroxyl groups is 1. The zero-order valence-corrected chi connectivity index (χ0v) is 28.7. The van der Waals surface area contributed by atoms with Gasteiger partial charge in [0, 0.05) is 23.8 Å². The number of Topliss-reactive ketones (excluding diaryl/α,β-unsaturated/α-hetero) is 1. The average Bonchev–Trinajstić information content (AvgIpc) is 3.39. The topological polar surface area (TPSA) is 307 Å². The van der Waals surface area contributed by atoms with Crippen LogP contribution in [0.5, 0.6) is 5.75 Å². The predicted molar refractivity (Wildman–Crippen MR) is 178 cm³/mol. The van der Waals surface area contributed by atoms with Crippen LogP contribution in [-0.2, 0) is 30.6 Å². The highest BCUT2D eigenvalue weighted by Crippen LogP contribution is 2.45. The van der Waals surface area contributed by atoms with E-state index in [1.54, 1.807) is 0 Å². The van der Waals surface area contributed by atoms with E-state index in [1.165, 1.54) is 42.7 Å². The van der Waals surface area contributed by atoms with Crippen molar-refractivity contribution in [2.24, 2.45) is 11.1 Å². The number of fused-ring (bicyclic) bond motifs is 1. The van der Waals surface area contributed by atoms with E-state index in [9.17, 15) is 49.3 Å². The number of carbonyl (C=O) groups excluding carboxylic acids is 3. The molecule has 2 aliphatic rings. The van der Waals surface area contributed by atoms with Crippen LogP contribution < -0.4 is 26.8 Å². The number of aromatic nitrogens is 4. The van der Waals surface area contributed by atoms with Gasteiger partial charge in [0.15, 0.2) is 28.1 Å². The zero-order valence-electron chi connectivity index (χ0n) is 26.3. The average molecular weight is 765 g/mol. The van der Waals surface area contributed by atoms with Crippen LogP contribution in [0.1, 0.15) is 36.5 Å². The van der Waals surface area contributed by atoms with Gasteiger partial charge in [-0.25, -0.2) is 19.1 Å². The van der Waals surface area contributed by atoms with Gasteiger partial charge in [-0.15, -0.1) is 11.8 Å². The second-order valence-corrected chi connectivity index (χ2v) is 14.2. The van der Waals surface area contributed by atoms with Crippen molar-refractivity contribution in [2.75, 3.05) is 22.5 Å². The van der Waals surface area contributed by atoms with E-state index in [0.29, 0.717) is 12.3 Å². The lowest BCUT2D eigenvalue weighted by molar-refractivity contribution is -0.691. The number of pyridine rings is 1. The summed E-state index contributed by atoms with van der Waals surface area (Å²) in [6.45, 7) is 2.26. The molecule has 0 bridgehead atoms. The van der Waals surface area contributed by atoms with E-state index in [-0.39, 0.29) is 55.0 Å². The molecule has 51 heavy (non-hydrogen) atoms. The number of hydrogen-bond acceptors (Lipinski definition) is 16. The van der Waals surface area contributed by atoms with Crippen molar-refractivity contribution in [3.8, 4) is 5.75 Å². The molecule has 0 saturated carbocycles. The van der Waals surface area contributed by atoms with Crippen molar-refractivity contribution < 1.29 is 53.9 Å². The number of thiazole rings is 1. The molecule has 20 nitrogen and oxygen atoms in total. The van der Waals surface area contributed by atoms with Gasteiger partial charge in [-0.2, -0.15) is 4.73 Å². The first-order valence-corrected chi connectivity index (χ1v) is 16.6. The Labute approximate surface area is 298 Å². The third-order valence-electron chi connectivity index (χ3n) is 7.52. The molecule has 268 valence electrons. The molecule has 0 aromatic carbocycles. The minimum Gasteiger partial charge on any atom is -0.503 e. The Morgan fingerprint density at radius 3 is 2.57 bits per heavy atom. The van der Waals surface area contributed by atoms with Crippen LogP contribution in [0.2, 0.25) is 4.34 Å². The number of nitrogens with zero attached hydrogens (tertiary/aromatic N) is 6. The highest BCUT2D eigenvalue weighted by molar-refractivity contribution is 8.00. The maximum Gasteiger partial charge on any atom is 0.352 e. The first kappa shape index (κ1) is 36.5. The van der Waals surface area contributed by atoms with Crippen molar-refractivity contribution >= 4 is 86.6 Å². The summed E-state index contributed by atoms with van der Waals surface area (Å²) in [6, 6.07) is 0.696. The highest BCUT2D eigenvalue weighted by Gasteiger charge is 2.54. The number of β-lactam (4-membered cyclic amide) rings is 1. The van der Waals surface area contributed by atoms with Crippen LogP contribution in [0.3, 0.4) is 0 Å². The number of carbonyl (C=O) groups is 5. The molecule has 3 aromatic rings. The summed E-state index contributed by atoms with van der Waals surface area (Å²) in [5.74, 6) is -7.11. The van der Waals surface area contributed by atoms with E-state index < -0.39 is 75.4 Å². The van der Waals surface area contributed by atoms with Crippen LogP contribution >= 0.6 is 34.7 Å². The number of nitrogens with two attached hydrogens (primary N) is 2. The number of carboxylic acids is 2. The van der Waals surface area contributed by atoms with Crippen LogP contribution in [0.15, 0.2) is 46.0 Å². The number of nitrogen functional groups attached to an aromatic ring is 2. The quantitative estimate of drug-likeness (QED) is 0.0423.